The van der Waals surface area contributed by atoms with E-state index in [0.717, 1.165) is 40.7 Å². The van der Waals surface area contributed by atoms with E-state index in [1.165, 1.54) is 11.1 Å². The lowest BCUT2D eigenvalue weighted by Crippen LogP contribution is -2.13. The number of rotatable bonds is 5. The summed E-state index contributed by atoms with van der Waals surface area (Å²) in [5, 5.41) is 3.91. The molecule has 1 heterocycles. The maximum Gasteiger partial charge on any atom is 0.256 e. The van der Waals surface area contributed by atoms with E-state index < -0.39 is 0 Å². The number of aromatic nitrogens is 1. The van der Waals surface area contributed by atoms with Gasteiger partial charge in [-0.1, -0.05) is 68.4 Å². The molecule has 4 aromatic rings. The topological polar surface area (TPSA) is 42.0 Å². The molecule has 0 aliphatic heterocycles. The molecule has 3 nitrogen and oxygen atoms in total. The second-order valence-electron chi connectivity index (χ2n) is 7.13. The van der Waals surface area contributed by atoms with Gasteiger partial charge in [0.05, 0.1) is 16.8 Å². The summed E-state index contributed by atoms with van der Waals surface area (Å²) in [6.07, 6.45) is 1.93. The fraction of sp³-hybridized carbons (Fsp3) is 0.154. The van der Waals surface area contributed by atoms with Gasteiger partial charge >= 0.3 is 0 Å². The van der Waals surface area contributed by atoms with Gasteiger partial charge in [0, 0.05) is 16.6 Å². The molecule has 29 heavy (non-hydrogen) atoms. The molecule has 0 fully saturated rings. The minimum atomic E-state index is -0.122. The highest BCUT2D eigenvalue weighted by Gasteiger charge is 2.14. The summed E-state index contributed by atoms with van der Waals surface area (Å²) in [6, 6.07) is 26.0. The number of hydrogen-bond donors (Lipinski definition) is 1. The van der Waals surface area contributed by atoms with Crippen LogP contribution in [0.15, 0.2) is 78.9 Å². The van der Waals surface area contributed by atoms with Gasteiger partial charge in [-0.05, 0) is 48.2 Å². The summed E-state index contributed by atoms with van der Waals surface area (Å²) in [7, 11) is 0. The number of nitrogens with zero attached hydrogens (tertiary/aromatic N) is 1. The fourth-order valence-electron chi connectivity index (χ4n) is 3.49. The number of fused-ring (bicyclic) bond motifs is 1. The van der Waals surface area contributed by atoms with Crippen LogP contribution in [0.3, 0.4) is 0 Å². The van der Waals surface area contributed by atoms with Crippen LogP contribution in [-0.4, -0.2) is 10.9 Å². The molecule has 0 unspecified atom stereocenters. The second-order valence-corrected chi connectivity index (χ2v) is 7.13. The second kappa shape index (κ2) is 8.27. The molecule has 0 bridgehead atoms. The number of aryl methyl sites for hydroxylation is 2. The number of pyridine rings is 1. The minimum Gasteiger partial charge on any atom is -0.322 e. The highest BCUT2D eigenvalue weighted by Crippen LogP contribution is 2.26. The highest BCUT2D eigenvalue weighted by atomic mass is 16.1. The molecule has 0 radical (unpaired) electrons. The monoisotopic (exact) mass is 380 g/mol. The molecule has 0 aliphatic carbocycles. The van der Waals surface area contributed by atoms with Crippen LogP contribution in [0.25, 0.3) is 22.2 Å². The molecule has 3 heteroatoms. The predicted octanol–water partition coefficient (Wildman–Crippen LogP) is 6.28. The third-order valence-corrected chi connectivity index (χ3v) is 5.21. The minimum absolute atomic E-state index is 0.122. The Labute approximate surface area is 171 Å². The van der Waals surface area contributed by atoms with Crippen LogP contribution in [0, 0.1) is 0 Å². The van der Waals surface area contributed by atoms with Crippen molar-refractivity contribution >= 4 is 22.5 Å². The number of hydrogen-bond acceptors (Lipinski definition) is 2. The van der Waals surface area contributed by atoms with E-state index in [2.05, 4.69) is 49.5 Å². The van der Waals surface area contributed by atoms with Gasteiger partial charge in [-0.3, -0.25) is 4.79 Å². The molecule has 1 amide bonds. The van der Waals surface area contributed by atoms with Crippen molar-refractivity contribution < 1.29 is 4.79 Å². The Bertz CT molecular complexity index is 1160. The third kappa shape index (κ3) is 4.04. The molecule has 4 rings (SSSR count). The van der Waals surface area contributed by atoms with E-state index in [1.807, 2.05) is 48.5 Å². The van der Waals surface area contributed by atoms with Crippen LogP contribution in [0.2, 0.25) is 0 Å². The Morgan fingerprint density at radius 3 is 2.34 bits per heavy atom. The largest absolute Gasteiger partial charge is 0.322 e. The Morgan fingerprint density at radius 1 is 0.828 bits per heavy atom. The number of amides is 1. The maximum absolute atomic E-state index is 13.2. The van der Waals surface area contributed by atoms with Gasteiger partial charge in [-0.2, -0.15) is 0 Å². The molecule has 0 saturated carbocycles. The van der Waals surface area contributed by atoms with E-state index in [0.29, 0.717) is 5.56 Å². The zero-order valence-electron chi connectivity index (χ0n) is 16.8. The van der Waals surface area contributed by atoms with Gasteiger partial charge in [0.15, 0.2) is 0 Å². The van der Waals surface area contributed by atoms with Crippen LogP contribution in [0.4, 0.5) is 5.69 Å². The van der Waals surface area contributed by atoms with Gasteiger partial charge in [0.25, 0.3) is 5.91 Å². The summed E-state index contributed by atoms with van der Waals surface area (Å²) in [4.78, 5) is 18.0. The smallest absolute Gasteiger partial charge is 0.256 e. The first-order valence-electron chi connectivity index (χ1n) is 10.1. The number of nitrogens with one attached hydrogen (secondary N) is 1. The molecule has 0 aliphatic rings. The average molecular weight is 380 g/mol. The fourth-order valence-corrected chi connectivity index (χ4v) is 3.49. The SMILES string of the molecule is CCc1ccc(-c2cc(C(=O)Nc3cccc(CC)c3)c3ccccc3n2)cc1. The number of anilines is 1. The van der Waals surface area contributed by atoms with Crippen molar-refractivity contribution in [1.29, 1.82) is 0 Å². The Morgan fingerprint density at radius 2 is 1.59 bits per heavy atom. The van der Waals surface area contributed by atoms with Crippen LogP contribution < -0.4 is 5.32 Å². The van der Waals surface area contributed by atoms with Crippen molar-refractivity contribution in [3.63, 3.8) is 0 Å². The first-order chi connectivity index (χ1) is 14.2. The van der Waals surface area contributed by atoms with Crippen LogP contribution in [0.5, 0.6) is 0 Å². The highest BCUT2D eigenvalue weighted by molar-refractivity contribution is 6.13. The molecule has 0 atom stereocenters. The summed E-state index contributed by atoms with van der Waals surface area (Å²) in [5.74, 6) is -0.122. The molecule has 1 aromatic heterocycles. The summed E-state index contributed by atoms with van der Waals surface area (Å²) >= 11 is 0. The van der Waals surface area contributed by atoms with E-state index in [9.17, 15) is 4.79 Å². The van der Waals surface area contributed by atoms with Crippen LogP contribution in [0.1, 0.15) is 35.3 Å². The van der Waals surface area contributed by atoms with Gasteiger partial charge in [0.2, 0.25) is 0 Å². The van der Waals surface area contributed by atoms with Crippen molar-refractivity contribution in [2.75, 3.05) is 5.32 Å². The van der Waals surface area contributed by atoms with Gasteiger partial charge < -0.3 is 5.32 Å². The molecule has 0 spiro atoms. The lowest BCUT2D eigenvalue weighted by Gasteiger charge is -2.11. The molecular weight excluding hydrogens is 356 g/mol. The molecule has 144 valence electrons. The van der Waals surface area contributed by atoms with Crippen molar-refractivity contribution in [2.45, 2.75) is 26.7 Å². The Balaban J connectivity index is 1.76. The first-order valence-corrected chi connectivity index (χ1v) is 10.1. The van der Waals surface area contributed by atoms with E-state index in [1.54, 1.807) is 0 Å². The van der Waals surface area contributed by atoms with Gasteiger partial charge in [-0.25, -0.2) is 4.98 Å². The van der Waals surface area contributed by atoms with Crippen molar-refractivity contribution in [2.24, 2.45) is 0 Å². The average Bonchev–Trinajstić information content (AvgIpc) is 2.78. The van der Waals surface area contributed by atoms with Gasteiger partial charge in [0.1, 0.15) is 0 Å². The normalized spacial score (nSPS) is 10.8. The quantitative estimate of drug-likeness (QED) is 0.443. The number of para-hydroxylation sites is 1. The molecule has 1 N–H and O–H groups in total. The standard InChI is InChI=1S/C26H24N2O/c1-3-18-12-14-20(15-13-18)25-17-23(22-10-5-6-11-24(22)28-25)26(29)27-21-9-7-8-19(4-2)16-21/h5-17H,3-4H2,1-2H3,(H,27,29). The number of carbonyl (C=O) groups excluding carboxylic acids is 1. The van der Waals surface area contributed by atoms with Crippen LogP contribution >= 0.6 is 0 Å². The van der Waals surface area contributed by atoms with E-state index in [4.69, 9.17) is 4.98 Å². The summed E-state index contributed by atoms with van der Waals surface area (Å²) in [5.41, 5.74) is 6.55. The lowest BCUT2D eigenvalue weighted by molar-refractivity contribution is 0.102. The van der Waals surface area contributed by atoms with Crippen molar-refractivity contribution in [3.05, 3.63) is 95.6 Å². The zero-order valence-corrected chi connectivity index (χ0v) is 16.8. The van der Waals surface area contributed by atoms with E-state index >= 15 is 0 Å². The van der Waals surface area contributed by atoms with Crippen molar-refractivity contribution in [3.8, 4) is 11.3 Å². The Hall–Kier alpha value is -3.46. The van der Waals surface area contributed by atoms with E-state index in [-0.39, 0.29) is 5.91 Å². The number of benzene rings is 3. The molecule has 0 saturated heterocycles. The summed E-state index contributed by atoms with van der Waals surface area (Å²) in [6.45, 7) is 4.24. The first kappa shape index (κ1) is 18.9. The van der Waals surface area contributed by atoms with Crippen LogP contribution in [-0.2, 0) is 12.8 Å². The molecular formula is C26H24N2O. The predicted molar refractivity (Wildman–Crippen MR) is 120 cm³/mol. The third-order valence-electron chi connectivity index (χ3n) is 5.21. The Kier molecular flexibility index (Phi) is 5.39. The lowest BCUT2D eigenvalue weighted by atomic mass is 10.0. The number of carbonyl (C=O) groups is 1. The molecule has 3 aromatic carbocycles. The van der Waals surface area contributed by atoms with Gasteiger partial charge in [-0.15, -0.1) is 0 Å². The van der Waals surface area contributed by atoms with Crippen molar-refractivity contribution in [1.82, 2.24) is 4.98 Å². The zero-order chi connectivity index (χ0) is 20.2. The summed E-state index contributed by atoms with van der Waals surface area (Å²) < 4.78 is 0. The maximum atomic E-state index is 13.2.